The van der Waals surface area contributed by atoms with Gasteiger partial charge in [-0.2, -0.15) is 0 Å². The maximum atomic E-state index is 14.1. The van der Waals surface area contributed by atoms with Gasteiger partial charge in [0.25, 0.3) is 0 Å². The zero-order chi connectivity index (χ0) is 21.7. The summed E-state index contributed by atoms with van der Waals surface area (Å²) in [5.41, 5.74) is 1.41. The Balaban J connectivity index is 1.63. The first kappa shape index (κ1) is 20.4. The van der Waals surface area contributed by atoms with E-state index < -0.39 is 23.1 Å². The number of halogens is 1. The van der Waals surface area contributed by atoms with Crippen LogP contribution in [0.1, 0.15) is 40.2 Å². The molecule has 1 saturated carbocycles. The van der Waals surface area contributed by atoms with Crippen molar-refractivity contribution < 1.29 is 27.8 Å². The normalized spacial score (nSPS) is 24.6. The van der Waals surface area contributed by atoms with Gasteiger partial charge in [0.2, 0.25) is 0 Å². The van der Waals surface area contributed by atoms with Crippen molar-refractivity contribution in [1.29, 1.82) is 0 Å². The molecule has 9 heteroatoms. The Bertz CT molecular complexity index is 1070. The fourth-order valence-electron chi connectivity index (χ4n) is 4.82. The average Bonchev–Trinajstić information content (AvgIpc) is 3.36. The molecule has 2 heterocycles. The van der Waals surface area contributed by atoms with Crippen LogP contribution in [-0.2, 0) is 17.7 Å². The number of hydrogen-bond acceptors (Lipinski definition) is 5. The number of nitrogens with one attached hydrogen (secondary N) is 1. The molecule has 0 radical (unpaired) electrons. The molecule has 7 nitrogen and oxygen atoms in total. The Morgan fingerprint density at radius 2 is 2.13 bits per heavy atom. The SMILES string of the molecule is O=C(O)c1c(N(c2ccc(F)cc2C[C@H]2CCNC2)S(=O)[O-])ccc2c1OC[C@@H]1C[C@H]21. The predicted octanol–water partition coefficient (Wildman–Crippen LogP) is 3.10. The fraction of sp³-hybridized carbons (Fsp3) is 0.409. The van der Waals surface area contributed by atoms with E-state index in [0.717, 1.165) is 35.8 Å². The third kappa shape index (κ3) is 3.71. The van der Waals surface area contributed by atoms with Crippen molar-refractivity contribution in [3.63, 3.8) is 0 Å². The van der Waals surface area contributed by atoms with Crippen LogP contribution in [0.4, 0.5) is 15.8 Å². The van der Waals surface area contributed by atoms with Crippen molar-refractivity contribution in [2.75, 3.05) is 24.0 Å². The lowest BCUT2D eigenvalue weighted by atomic mass is 9.96. The van der Waals surface area contributed by atoms with Crippen molar-refractivity contribution in [3.8, 4) is 5.75 Å². The zero-order valence-electron chi connectivity index (χ0n) is 16.7. The van der Waals surface area contributed by atoms with Crippen molar-refractivity contribution >= 4 is 28.6 Å². The number of nitrogens with zero attached hydrogens (tertiary/aromatic N) is 1. The summed E-state index contributed by atoms with van der Waals surface area (Å²) in [6.07, 6.45) is 2.34. The quantitative estimate of drug-likeness (QED) is 0.663. The molecule has 1 saturated heterocycles. The molecule has 2 fully saturated rings. The molecule has 0 aromatic heterocycles. The van der Waals surface area contributed by atoms with Crippen molar-refractivity contribution in [1.82, 2.24) is 5.32 Å². The van der Waals surface area contributed by atoms with Gasteiger partial charge in [0.1, 0.15) is 17.1 Å². The molecule has 0 spiro atoms. The lowest BCUT2D eigenvalue weighted by molar-refractivity contribution is 0.0692. The first-order valence-corrected chi connectivity index (χ1v) is 11.4. The van der Waals surface area contributed by atoms with Crippen LogP contribution in [0.5, 0.6) is 5.75 Å². The highest BCUT2D eigenvalue weighted by molar-refractivity contribution is 7.81. The third-order valence-electron chi connectivity index (χ3n) is 6.44. The first-order chi connectivity index (χ1) is 14.9. The van der Waals surface area contributed by atoms with Gasteiger partial charge in [-0.1, -0.05) is 6.07 Å². The molecule has 2 N–H and O–H groups in total. The molecule has 0 bridgehead atoms. The lowest BCUT2D eigenvalue weighted by Crippen LogP contribution is -2.25. The number of ether oxygens (including phenoxy) is 1. The Kier molecular flexibility index (Phi) is 5.19. The number of hydrogen-bond donors (Lipinski definition) is 2. The first-order valence-electron chi connectivity index (χ1n) is 10.4. The summed E-state index contributed by atoms with van der Waals surface area (Å²) in [5.74, 6) is -0.576. The van der Waals surface area contributed by atoms with Gasteiger partial charge in [-0.3, -0.25) is 8.51 Å². The van der Waals surface area contributed by atoms with Crippen LogP contribution >= 0.6 is 0 Å². The lowest BCUT2D eigenvalue weighted by Gasteiger charge is -2.31. The minimum atomic E-state index is -2.82. The summed E-state index contributed by atoms with van der Waals surface area (Å²) in [6, 6.07) is 7.19. The maximum Gasteiger partial charge on any atom is 0.341 e. The van der Waals surface area contributed by atoms with Gasteiger partial charge in [-0.15, -0.1) is 0 Å². The fourth-order valence-corrected chi connectivity index (χ4v) is 5.47. The topological polar surface area (TPSA) is 102 Å². The van der Waals surface area contributed by atoms with Gasteiger partial charge < -0.3 is 19.7 Å². The summed E-state index contributed by atoms with van der Waals surface area (Å²) in [4.78, 5) is 12.2. The van der Waals surface area contributed by atoms with E-state index in [1.54, 1.807) is 6.07 Å². The largest absolute Gasteiger partial charge is 0.755 e. The molecule has 2 aliphatic heterocycles. The van der Waals surface area contributed by atoms with Crippen molar-refractivity contribution in [2.45, 2.75) is 25.2 Å². The highest BCUT2D eigenvalue weighted by atomic mass is 32.2. The summed E-state index contributed by atoms with van der Waals surface area (Å²) in [5, 5.41) is 13.2. The van der Waals surface area contributed by atoms with E-state index in [4.69, 9.17) is 4.74 Å². The van der Waals surface area contributed by atoms with Gasteiger partial charge in [0, 0.05) is 5.92 Å². The predicted molar refractivity (Wildman–Crippen MR) is 112 cm³/mol. The van der Waals surface area contributed by atoms with E-state index >= 15 is 0 Å². The molecular formula is C22H22FN2O5S-. The summed E-state index contributed by atoms with van der Waals surface area (Å²) in [7, 11) is 0. The van der Waals surface area contributed by atoms with E-state index in [-0.39, 0.29) is 34.5 Å². The van der Waals surface area contributed by atoms with E-state index in [9.17, 15) is 23.1 Å². The third-order valence-corrected chi connectivity index (χ3v) is 7.13. The van der Waals surface area contributed by atoms with Crippen LogP contribution in [0.2, 0.25) is 0 Å². The second kappa shape index (κ2) is 7.89. The highest BCUT2D eigenvalue weighted by Crippen LogP contribution is 2.56. The number of benzene rings is 2. The Morgan fingerprint density at radius 1 is 1.32 bits per heavy atom. The Hall–Kier alpha value is -2.49. The van der Waals surface area contributed by atoms with E-state index in [2.05, 4.69) is 5.32 Å². The van der Waals surface area contributed by atoms with Crippen molar-refractivity contribution in [3.05, 3.63) is 52.8 Å². The molecule has 3 aliphatic rings. The zero-order valence-corrected chi connectivity index (χ0v) is 17.5. The number of carbonyl (C=O) groups is 1. The molecule has 1 aliphatic carbocycles. The number of carboxylic acid groups (broad SMARTS) is 1. The number of fused-ring (bicyclic) bond motifs is 3. The minimum absolute atomic E-state index is 0.00362. The van der Waals surface area contributed by atoms with Gasteiger partial charge in [0.15, 0.2) is 0 Å². The van der Waals surface area contributed by atoms with Gasteiger partial charge >= 0.3 is 5.97 Å². The minimum Gasteiger partial charge on any atom is -0.755 e. The van der Waals surface area contributed by atoms with Gasteiger partial charge in [0.05, 0.1) is 29.2 Å². The van der Waals surface area contributed by atoms with Crippen LogP contribution < -0.4 is 14.4 Å². The van der Waals surface area contributed by atoms with Crippen LogP contribution in [0.25, 0.3) is 0 Å². The molecule has 0 amide bonds. The van der Waals surface area contributed by atoms with E-state index in [1.807, 2.05) is 0 Å². The molecule has 2 aromatic rings. The molecule has 164 valence electrons. The maximum absolute atomic E-state index is 14.1. The number of anilines is 2. The van der Waals surface area contributed by atoms with Crippen LogP contribution in [0.15, 0.2) is 30.3 Å². The standard InChI is InChI=1S/C22H23FN2O5S/c23-15-1-3-18(13(8-15)7-12-5-6-24-10-12)25(31(28)29)19-4-2-16-17-9-14(17)11-30-21(16)20(19)22(26)27/h1-4,8,12,14,17,24H,5-7,9-11H2,(H,26,27)(H,28,29)/p-1/t12-,14+,17+/m1/s1. The Labute approximate surface area is 181 Å². The Morgan fingerprint density at radius 3 is 2.84 bits per heavy atom. The second-order valence-corrected chi connectivity index (χ2v) is 9.24. The molecule has 31 heavy (non-hydrogen) atoms. The molecule has 1 unspecified atom stereocenters. The summed E-state index contributed by atoms with van der Waals surface area (Å²) in [6.45, 7) is 2.06. The number of carboxylic acids is 1. The smallest absolute Gasteiger partial charge is 0.341 e. The van der Waals surface area contributed by atoms with Crippen molar-refractivity contribution in [2.24, 2.45) is 11.8 Å². The monoisotopic (exact) mass is 445 g/mol. The highest BCUT2D eigenvalue weighted by Gasteiger charge is 2.45. The van der Waals surface area contributed by atoms with Crippen LogP contribution in [0.3, 0.4) is 0 Å². The van der Waals surface area contributed by atoms with E-state index in [0.29, 0.717) is 24.5 Å². The van der Waals surface area contributed by atoms with Crippen LogP contribution in [-0.4, -0.2) is 39.5 Å². The second-order valence-electron chi connectivity index (χ2n) is 8.44. The molecule has 5 rings (SSSR count). The molecule has 2 aromatic carbocycles. The molecule has 4 atom stereocenters. The molecular weight excluding hydrogens is 423 g/mol. The average molecular weight is 445 g/mol. The van der Waals surface area contributed by atoms with Crippen LogP contribution in [0, 0.1) is 17.7 Å². The van der Waals surface area contributed by atoms with Gasteiger partial charge in [-0.25, -0.2) is 9.18 Å². The van der Waals surface area contributed by atoms with E-state index in [1.165, 1.54) is 24.3 Å². The van der Waals surface area contributed by atoms with Gasteiger partial charge in [-0.05, 0) is 79.6 Å². The number of rotatable bonds is 6. The number of aromatic carboxylic acids is 1. The summed E-state index contributed by atoms with van der Waals surface area (Å²) < 4.78 is 45.5. The summed E-state index contributed by atoms with van der Waals surface area (Å²) >= 11 is -2.82.